The summed E-state index contributed by atoms with van der Waals surface area (Å²) in [5.41, 5.74) is 0.803. The molecule has 0 amide bonds. The fourth-order valence-corrected chi connectivity index (χ4v) is 3.77. The number of nitrogens with one attached hydrogen (secondary N) is 1. The lowest BCUT2D eigenvalue weighted by Crippen LogP contribution is -2.19. The first-order valence-electron chi connectivity index (χ1n) is 10.3. The number of nitrogens with zero attached hydrogens (tertiary/aromatic N) is 4. The molecule has 0 aliphatic carbocycles. The lowest BCUT2D eigenvalue weighted by atomic mass is 10.0. The van der Waals surface area contributed by atoms with Crippen LogP contribution in [0.25, 0.3) is 26.9 Å². The third kappa shape index (κ3) is 4.53. The number of hydrogen-bond donors (Lipinski definition) is 2. The number of rotatable bonds is 5. The molecule has 0 bridgehead atoms. The summed E-state index contributed by atoms with van der Waals surface area (Å²) in [6, 6.07) is 6.44. The largest absolute Gasteiger partial charge is 0.382 e. The predicted octanol–water partition coefficient (Wildman–Crippen LogP) is 6.57. The maximum Gasteiger partial charge on any atom is 0.187 e. The summed E-state index contributed by atoms with van der Waals surface area (Å²) in [6.07, 6.45) is 4.26. The summed E-state index contributed by atoms with van der Waals surface area (Å²) in [4.78, 5) is 15.9. The van der Waals surface area contributed by atoms with Crippen molar-refractivity contribution >= 4 is 33.9 Å². The van der Waals surface area contributed by atoms with E-state index in [0.717, 1.165) is 0 Å². The molecule has 0 radical (unpaired) electrons. The number of hydrogen-bond acceptors (Lipinski definition) is 5. The van der Waals surface area contributed by atoms with Crippen molar-refractivity contribution in [2.24, 2.45) is 0 Å². The Labute approximate surface area is 200 Å². The van der Waals surface area contributed by atoms with E-state index in [0.29, 0.717) is 33.4 Å². The third-order valence-electron chi connectivity index (χ3n) is 5.36. The molecule has 2 N–H and O–H groups in total. The second-order valence-corrected chi connectivity index (χ2v) is 8.78. The molecule has 2 aromatic carbocycles. The van der Waals surface area contributed by atoms with E-state index in [4.69, 9.17) is 18.2 Å². The molecule has 0 saturated carbocycles. The van der Waals surface area contributed by atoms with Crippen LogP contribution in [-0.4, -0.2) is 20.1 Å². The van der Waals surface area contributed by atoms with Gasteiger partial charge in [0, 0.05) is 41.2 Å². The van der Waals surface area contributed by atoms with Crippen LogP contribution in [-0.2, 0) is 5.60 Å². The molecule has 1 atom stereocenters. The first-order valence-corrected chi connectivity index (χ1v) is 10.7. The molecule has 0 saturated heterocycles. The van der Waals surface area contributed by atoms with Crippen molar-refractivity contribution in [3.63, 3.8) is 0 Å². The average molecular weight is 480 g/mol. The molecular formula is C25H20ClF2N5O. The van der Waals surface area contributed by atoms with Crippen LogP contribution < -0.4 is 5.32 Å². The smallest absolute Gasteiger partial charge is 0.187 e. The summed E-state index contributed by atoms with van der Waals surface area (Å²) in [5, 5.41) is 14.0. The number of anilines is 1. The van der Waals surface area contributed by atoms with E-state index in [9.17, 15) is 13.9 Å². The summed E-state index contributed by atoms with van der Waals surface area (Å²) < 4.78 is 29.4. The van der Waals surface area contributed by atoms with Crippen LogP contribution >= 0.6 is 11.6 Å². The van der Waals surface area contributed by atoms with E-state index in [1.54, 1.807) is 26.8 Å². The number of pyridine rings is 1. The number of aliphatic hydroxyl groups is 1. The lowest BCUT2D eigenvalue weighted by Gasteiger charge is -2.20. The standard InChI is InChI=1S/C25H20ClF2N5O/c1-13(16-7-15(29-4)5-6-20(16)27)33-23-18-8-17(21(28)9-22(18)30-12-19(23)26)14-10-31-24(32-11-14)25(2,3)34/h5-13,34H,1-3H3,(H,30,33)/t13-/m1/s1. The van der Waals surface area contributed by atoms with Gasteiger partial charge in [0.05, 0.1) is 28.8 Å². The Morgan fingerprint density at radius 1 is 1.06 bits per heavy atom. The zero-order valence-electron chi connectivity index (χ0n) is 18.6. The molecule has 34 heavy (non-hydrogen) atoms. The summed E-state index contributed by atoms with van der Waals surface area (Å²) in [5.74, 6) is -0.781. The second kappa shape index (κ2) is 8.93. The highest BCUT2D eigenvalue weighted by Crippen LogP contribution is 2.37. The molecule has 0 spiro atoms. The Morgan fingerprint density at radius 3 is 2.41 bits per heavy atom. The lowest BCUT2D eigenvalue weighted by molar-refractivity contribution is 0.0687. The molecule has 2 aromatic heterocycles. The third-order valence-corrected chi connectivity index (χ3v) is 5.64. The quantitative estimate of drug-likeness (QED) is 0.316. The molecule has 0 unspecified atom stereocenters. The highest BCUT2D eigenvalue weighted by Gasteiger charge is 2.21. The predicted molar refractivity (Wildman–Crippen MR) is 128 cm³/mol. The van der Waals surface area contributed by atoms with Gasteiger partial charge >= 0.3 is 0 Å². The van der Waals surface area contributed by atoms with E-state index in [1.165, 1.54) is 42.9 Å². The van der Waals surface area contributed by atoms with Crippen LogP contribution in [0, 0.1) is 18.2 Å². The van der Waals surface area contributed by atoms with Crippen LogP contribution in [0.5, 0.6) is 0 Å². The molecule has 4 rings (SSSR count). The van der Waals surface area contributed by atoms with E-state index >= 15 is 0 Å². The molecule has 6 nitrogen and oxygen atoms in total. The Bertz CT molecular complexity index is 1430. The zero-order valence-corrected chi connectivity index (χ0v) is 19.3. The van der Waals surface area contributed by atoms with Crippen molar-refractivity contribution in [2.45, 2.75) is 32.4 Å². The van der Waals surface area contributed by atoms with Crippen molar-refractivity contribution in [3.8, 4) is 11.1 Å². The van der Waals surface area contributed by atoms with Crippen molar-refractivity contribution in [3.05, 3.63) is 88.4 Å². The molecule has 172 valence electrons. The van der Waals surface area contributed by atoms with Gasteiger partial charge in [-0.05, 0) is 44.5 Å². The fraction of sp³-hybridized carbons (Fsp3) is 0.200. The number of benzene rings is 2. The van der Waals surface area contributed by atoms with Crippen molar-refractivity contribution in [2.75, 3.05) is 5.32 Å². The first kappa shape index (κ1) is 23.5. The van der Waals surface area contributed by atoms with Gasteiger partial charge < -0.3 is 10.4 Å². The van der Waals surface area contributed by atoms with Gasteiger partial charge in [0.25, 0.3) is 0 Å². The molecule has 0 aliphatic rings. The molecule has 2 heterocycles. The normalized spacial score (nSPS) is 12.4. The van der Waals surface area contributed by atoms with Crippen molar-refractivity contribution in [1.29, 1.82) is 0 Å². The van der Waals surface area contributed by atoms with E-state index in [-0.39, 0.29) is 16.4 Å². The van der Waals surface area contributed by atoms with Crippen LogP contribution in [0.1, 0.15) is 38.2 Å². The zero-order chi connectivity index (χ0) is 24.6. The van der Waals surface area contributed by atoms with Gasteiger partial charge in [-0.25, -0.2) is 23.6 Å². The maximum absolute atomic E-state index is 15.0. The van der Waals surface area contributed by atoms with Gasteiger partial charge in [-0.1, -0.05) is 17.7 Å². The van der Waals surface area contributed by atoms with Crippen LogP contribution in [0.2, 0.25) is 5.02 Å². The highest BCUT2D eigenvalue weighted by atomic mass is 35.5. The summed E-state index contributed by atoms with van der Waals surface area (Å²) >= 11 is 6.43. The molecule has 0 aliphatic heterocycles. The highest BCUT2D eigenvalue weighted by molar-refractivity contribution is 6.34. The average Bonchev–Trinajstić information content (AvgIpc) is 2.80. The van der Waals surface area contributed by atoms with Crippen molar-refractivity contribution < 1.29 is 13.9 Å². The van der Waals surface area contributed by atoms with Crippen molar-refractivity contribution in [1.82, 2.24) is 15.0 Å². The van der Waals surface area contributed by atoms with E-state index in [1.807, 2.05) is 0 Å². The van der Waals surface area contributed by atoms with Crippen LogP contribution in [0.3, 0.4) is 0 Å². The van der Waals surface area contributed by atoms with Gasteiger partial charge in [-0.3, -0.25) is 4.98 Å². The molecular weight excluding hydrogens is 460 g/mol. The summed E-state index contributed by atoms with van der Waals surface area (Å²) in [6.45, 7) is 12.0. The number of fused-ring (bicyclic) bond motifs is 1. The SMILES string of the molecule is [C-]#[N+]c1ccc(F)c([C@@H](C)Nc2c(Cl)cnc3cc(F)c(-c4cnc(C(C)(C)O)nc4)cc23)c1. The van der Waals surface area contributed by atoms with Gasteiger partial charge in [0.2, 0.25) is 0 Å². The van der Waals surface area contributed by atoms with Gasteiger partial charge in [0.1, 0.15) is 17.2 Å². The minimum absolute atomic E-state index is 0.210. The van der Waals surface area contributed by atoms with Gasteiger partial charge in [0.15, 0.2) is 11.5 Å². The molecule has 9 heteroatoms. The molecule has 4 aromatic rings. The van der Waals surface area contributed by atoms with E-state index < -0.39 is 23.3 Å². The van der Waals surface area contributed by atoms with Gasteiger partial charge in [-0.15, -0.1) is 0 Å². The molecule has 0 fully saturated rings. The Morgan fingerprint density at radius 2 is 1.76 bits per heavy atom. The van der Waals surface area contributed by atoms with Crippen LogP contribution in [0.4, 0.5) is 20.2 Å². The first-order chi connectivity index (χ1) is 16.1. The van der Waals surface area contributed by atoms with E-state index in [2.05, 4.69) is 25.1 Å². The number of aromatic nitrogens is 3. The second-order valence-electron chi connectivity index (χ2n) is 8.37. The monoisotopic (exact) mass is 479 g/mol. The number of halogens is 3. The fourth-order valence-electron chi connectivity index (χ4n) is 3.57. The van der Waals surface area contributed by atoms with Crippen LogP contribution in [0.15, 0.2) is 48.9 Å². The maximum atomic E-state index is 15.0. The summed E-state index contributed by atoms with van der Waals surface area (Å²) in [7, 11) is 0. The Kier molecular flexibility index (Phi) is 6.17. The van der Waals surface area contributed by atoms with Gasteiger partial charge in [-0.2, -0.15) is 0 Å². The topological polar surface area (TPSA) is 75.3 Å². The minimum Gasteiger partial charge on any atom is -0.382 e. The Hall–Kier alpha value is -3.67. The minimum atomic E-state index is -1.23. The Balaban J connectivity index is 1.79.